The maximum Gasteiger partial charge on any atom is 0.237 e. The lowest BCUT2D eigenvalue weighted by molar-refractivity contribution is -0.134. The number of ether oxygens (including phenoxy) is 2. The number of hydrogen-bond donors (Lipinski definition) is 3. The van der Waals surface area contributed by atoms with Crippen LogP contribution in [0, 0.1) is 0 Å². The minimum atomic E-state index is -0.542. The van der Waals surface area contributed by atoms with Crippen molar-refractivity contribution in [2.75, 3.05) is 26.8 Å². The first-order valence-corrected chi connectivity index (χ1v) is 8.40. The van der Waals surface area contributed by atoms with Gasteiger partial charge in [-0.3, -0.25) is 19.9 Å². The van der Waals surface area contributed by atoms with Gasteiger partial charge in [0.25, 0.3) is 0 Å². The predicted molar refractivity (Wildman–Crippen MR) is 92.9 cm³/mol. The monoisotopic (exact) mass is 350 g/mol. The molecule has 0 aromatic heterocycles. The number of carbonyl (C=O) groups excluding carboxylic acids is 2. The van der Waals surface area contributed by atoms with E-state index >= 15 is 0 Å². The molecule has 8 heteroatoms. The number of rotatable bonds is 8. The molecule has 1 aliphatic rings. The number of benzene rings is 1. The minimum Gasteiger partial charge on any atom is -0.493 e. The molecule has 1 aliphatic heterocycles. The maximum atomic E-state index is 12.1. The van der Waals surface area contributed by atoms with Crippen molar-refractivity contribution in [1.82, 2.24) is 15.6 Å². The fraction of sp³-hybridized carbons (Fsp3) is 0.529. The van der Waals surface area contributed by atoms with E-state index in [2.05, 4.69) is 10.7 Å². The summed E-state index contributed by atoms with van der Waals surface area (Å²) in [5.74, 6) is 5.97. The summed E-state index contributed by atoms with van der Waals surface area (Å²) in [4.78, 5) is 25.7. The lowest BCUT2D eigenvalue weighted by atomic mass is 10.1. The molecule has 0 bridgehead atoms. The molecule has 4 N–H and O–H groups in total. The summed E-state index contributed by atoms with van der Waals surface area (Å²) >= 11 is 0. The molecule has 0 spiro atoms. The Balaban J connectivity index is 2.12. The quantitative estimate of drug-likeness (QED) is 0.350. The van der Waals surface area contributed by atoms with Crippen molar-refractivity contribution in [2.45, 2.75) is 32.4 Å². The molecule has 2 rings (SSSR count). The molecule has 0 aliphatic carbocycles. The van der Waals surface area contributed by atoms with Crippen LogP contribution in [0.2, 0.25) is 0 Å². The predicted octanol–water partition coefficient (Wildman–Crippen LogP) is 0.164. The molecular formula is C17H26N4O4. The van der Waals surface area contributed by atoms with Crippen molar-refractivity contribution in [3.05, 3.63) is 23.8 Å². The molecule has 2 amide bonds. The molecule has 1 saturated heterocycles. The summed E-state index contributed by atoms with van der Waals surface area (Å²) < 4.78 is 11.1. The molecule has 1 fully saturated rings. The van der Waals surface area contributed by atoms with Gasteiger partial charge in [-0.2, -0.15) is 0 Å². The van der Waals surface area contributed by atoms with Crippen molar-refractivity contribution in [3.8, 4) is 11.5 Å². The normalized spacial score (nSPS) is 17.7. The van der Waals surface area contributed by atoms with Crippen molar-refractivity contribution in [1.29, 1.82) is 0 Å². The van der Waals surface area contributed by atoms with E-state index in [9.17, 15) is 9.59 Å². The van der Waals surface area contributed by atoms with Crippen LogP contribution in [0.15, 0.2) is 18.2 Å². The Hall–Kier alpha value is -2.32. The van der Waals surface area contributed by atoms with Crippen LogP contribution in [0.3, 0.4) is 0 Å². The van der Waals surface area contributed by atoms with Gasteiger partial charge in [-0.25, -0.2) is 5.84 Å². The van der Waals surface area contributed by atoms with Gasteiger partial charge < -0.3 is 14.8 Å². The van der Waals surface area contributed by atoms with Crippen LogP contribution < -0.4 is 26.1 Å². The molecule has 1 heterocycles. The fourth-order valence-corrected chi connectivity index (χ4v) is 2.78. The van der Waals surface area contributed by atoms with E-state index in [1.807, 2.05) is 30.0 Å². The highest BCUT2D eigenvalue weighted by Crippen LogP contribution is 2.29. The fourth-order valence-electron chi connectivity index (χ4n) is 2.78. The molecule has 1 atom stereocenters. The van der Waals surface area contributed by atoms with Gasteiger partial charge in [0.2, 0.25) is 11.8 Å². The second-order valence-electron chi connectivity index (χ2n) is 5.88. The molecule has 1 unspecified atom stereocenters. The molecule has 1 aromatic carbocycles. The molecule has 8 nitrogen and oxygen atoms in total. The highest BCUT2D eigenvalue weighted by atomic mass is 16.5. The number of nitrogens with zero attached hydrogens (tertiary/aromatic N) is 1. The van der Waals surface area contributed by atoms with Gasteiger partial charge in [0.15, 0.2) is 11.5 Å². The van der Waals surface area contributed by atoms with Crippen molar-refractivity contribution in [2.24, 2.45) is 5.84 Å². The summed E-state index contributed by atoms with van der Waals surface area (Å²) in [5, 5.41) is 2.79. The van der Waals surface area contributed by atoms with Crippen LogP contribution in [0.4, 0.5) is 0 Å². The second kappa shape index (κ2) is 9.24. The molecule has 1 aromatic rings. The molecule has 25 heavy (non-hydrogen) atoms. The minimum absolute atomic E-state index is 0.0250. The van der Waals surface area contributed by atoms with Gasteiger partial charge in [-0.15, -0.1) is 0 Å². The van der Waals surface area contributed by atoms with Crippen molar-refractivity contribution in [3.63, 3.8) is 0 Å². The van der Waals surface area contributed by atoms with Gasteiger partial charge in [-0.1, -0.05) is 13.0 Å². The van der Waals surface area contributed by atoms with Gasteiger partial charge in [-0.05, 0) is 24.1 Å². The van der Waals surface area contributed by atoms with Crippen LogP contribution in [0.1, 0.15) is 25.3 Å². The first-order valence-electron chi connectivity index (χ1n) is 8.40. The van der Waals surface area contributed by atoms with Gasteiger partial charge in [0.1, 0.15) is 0 Å². The number of carbonyl (C=O) groups is 2. The summed E-state index contributed by atoms with van der Waals surface area (Å²) in [5.41, 5.74) is 3.06. The van der Waals surface area contributed by atoms with E-state index in [0.29, 0.717) is 37.7 Å². The van der Waals surface area contributed by atoms with Crippen LogP contribution in [-0.4, -0.2) is 49.6 Å². The van der Waals surface area contributed by atoms with Crippen LogP contribution in [0.25, 0.3) is 0 Å². The number of hydrogen-bond acceptors (Lipinski definition) is 6. The van der Waals surface area contributed by atoms with E-state index in [1.54, 1.807) is 7.11 Å². The van der Waals surface area contributed by atoms with E-state index in [0.717, 1.165) is 12.0 Å². The largest absolute Gasteiger partial charge is 0.493 e. The maximum absolute atomic E-state index is 12.1. The lowest BCUT2D eigenvalue weighted by Crippen LogP contribution is -2.56. The molecule has 138 valence electrons. The van der Waals surface area contributed by atoms with Crippen molar-refractivity contribution < 1.29 is 19.1 Å². The first kappa shape index (κ1) is 19.0. The van der Waals surface area contributed by atoms with E-state index in [4.69, 9.17) is 15.3 Å². The topological polar surface area (TPSA) is 106 Å². The molecule has 0 saturated carbocycles. The third-order valence-corrected chi connectivity index (χ3v) is 4.06. The zero-order valence-corrected chi connectivity index (χ0v) is 14.7. The highest BCUT2D eigenvalue weighted by molar-refractivity contribution is 5.88. The molecule has 0 radical (unpaired) electrons. The van der Waals surface area contributed by atoms with Crippen LogP contribution in [-0.2, 0) is 16.1 Å². The summed E-state index contributed by atoms with van der Waals surface area (Å²) in [6.07, 6.45) is 0.940. The molecular weight excluding hydrogens is 324 g/mol. The number of piperazine rings is 1. The third kappa shape index (κ3) is 5.07. The number of methoxy groups -OCH3 is 1. The van der Waals surface area contributed by atoms with E-state index in [-0.39, 0.29) is 18.2 Å². The van der Waals surface area contributed by atoms with Gasteiger partial charge >= 0.3 is 0 Å². The summed E-state index contributed by atoms with van der Waals surface area (Å²) in [6, 6.07) is 5.17. The summed E-state index contributed by atoms with van der Waals surface area (Å²) in [6.45, 7) is 4.40. The van der Waals surface area contributed by atoms with E-state index < -0.39 is 6.04 Å². The smallest absolute Gasteiger partial charge is 0.237 e. The van der Waals surface area contributed by atoms with Crippen molar-refractivity contribution >= 4 is 11.8 Å². The zero-order chi connectivity index (χ0) is 18.2. The number of nitrogens with one attached hydrogen (secondary N) is 2. The zero-order valence-electron chi connectivity index (χ0n) is 14.7. The Morgan fingerprint density at radius 2 is 2.24 bits per heavy atom. The highest BCUT2D eigenvalue weighted by Gasteiger charge is 2.31. The average Bonchev–Trinajstić information content (AvgIpc) is 2.63. The standard InChI is InChI=1S/C17H26N4O4/c1-3-8-25-14-5-4-12(9-15(14)24-2)11-21-7-6-19-17(23)13(21)10-16(22)20-18/h4-5,9,13H,3,6-8,10-11,18H2,1-2H3,(H,19,23)(H,20,22). The Kier molecular flexibility index (Phi) is 7.03. The number of amides is 2. The number of nitrogens with two attached hydrogens (primary N) is 1. The Morgan fingerprint density at radius 1 is 1.44 bits per heavy atom. The van der Waals surface area contributed by atoms with E-state index in [1.165, 1.54) is 0 Å². The SMILES string of the molecule is CCCOc1ccc(CN2CCNC(=O)C2CC(=O)NN)cc1OC. The van der Waals surface area contributed by atoms with Crippen LogP contribution >= 0.6 is 0 Å². The Bertz CT molecular complexity index is 608. The second-order valence-corrected chi connectivity index (χ2v) is 5.88. The third-order valence-electron chi connectivity index (χ3n) is 4.06. The van der Waals surface area contributed by atoms with Gasteiger partial charge in [0.05, 0.1) is 26.2 Å². The summed E-state index contributed by atoms with van der Waals surface area (Å²) in [7, 11) is 1.60. The lowest BCUT2D eigenvalue weighted by Gasteiger charge is -2.34. The first-order chi connectivity index (χ1) is 12.1. The Morgan fingerprint density at radius 3 is 2.92 bits per heavy atom. The van der Waals surface area contributed by atoms with Crippen LogP contribution in [0.5, 0.6) is 11.5 Å². The average molecular weight is 350 g/mol. The Labute approximate surface area is 147 Å². The number of hydrazine groups is 1. The van der Waals surface area contributed by atoms with Gasteiger partial charge in [0, 0.05) is 19.6 Å².